The zero-order valence-electron chi connectivity index (χ0n) is 14.5. The fraction of sp³-hybridized carbons (Fsp3) is 0.300. The first-order chi connectivity index (χ1) is 11.6. The van der Waals surface area contributed by atoms with Crippen LogP contribution in [0.4, 0.5) is 5.82 Å². The fourth-order valence-electron chi connectivity index (χ4n) is 2.71. The van der Waals surface area contributed by atoms with Crippen molar-refractivity contribution in [3.05, 3.63) is 53.7 Å². The average Bonchev–Trinajstić information content (AvgIpc) is 2.91. The Kier molecular flexibility index (Phi) is 4.65. The molecular formula is C20H23N3O. The lowest BCUT2D eigenvalue weighted by Crippen LogP contribution is -2.13. The van der Waals surface area contributed by atoms with Crippen LogP contribution >= 0.6 is 0 Å². The van der Waals surface area contributed by atoms with Crippen LogP contribution in [0.2, 0.25) is 0 Å². The fourth-order valence-corrected chi connectivity index (χ4v) is 2.71. The number of hydrogen-bond acceptors (Lipinski definition) is 2. The Morgan fingerprint density at radius 1 is 1.12 bits per heavy atom. The van der Waals surface area contributed by atoms with Crippen molar-refractivity contribution in [3.63, 3.8) is 0 Å². The second-order valence-electron chi connectivity index (χ2n) is 6.26. The van der Waals surface area contributed by atoms with E-state index in [4.69, 9.17) is 4.98 Å². The summed E-state index contributed by atoms with van der Waals surface area (Å²) in [5, 5.41) is 3.06. The van der Waals surface area contributed by atoms with Crippen molar-refractivity contribution in [2.45, 2.75) is 40.0 Å². The summed E-state index contributed by atoms with van der Waals surface area (Å²) in [4.78, 5) is 17.0. The van der Waals surface area contributed by atoms with Gasteiger partial charge in [-0.15, -0.1) is 0 Å². The summed E-state index contributed by atoms with van der Waals surface area (Å²) in [6, 6.07) is 12.3. The van der Waals surface area contributed by atoms with E-state index in [0.29, 0.717) is 6.42 Å². The minimum atomic E-state index is 0.0348. The largest absolute Gasteiger partial charge is 0.310 e. The summed E-state index contributed by atoms with van der Waals surface area (Å²) in [5.74, 6) is 0.780. The van der Waals surface area contributed by atoms with Crippen LogP contribution in [0.3, 0.4) is 0 Å². The number of imidazole rings is 1. The summed E-state index contributed by atoms with van der Waals surface area (Å²) in [6.45, 7) is 6.19. The Balaban J connectivity index is 2.07. The Morgan fingerprint density at radius 2 is 1.88 bits per heavy atom. The molecule has 4 nitrogen and oxygen atoms in total. The highest BCUT2D eigenvalue weighted by atomic mass is 16.1. The number of nitrogens with zero attached hydrogens (tertiary/aromatic N) is 2. The molecular weight excluding hydrogens is 298 g/mol. The maximum absolute atomic E-state index is 12.3. The van der Waals surface area contributed by atoms with Crippen LogP contribution < -0.4 is 5.32 Å². The molecule has 24 heavy (non-hydrogen) atoms. The standard InChI is InChI=1S/C20H23N3O/c1-4-5-6-18(24)22-20-19(16-9-7-14(2)8-10-16)21-17-13-15(3)11-12-23(17)20/h7-13H,4-6H2,1-3H3,(H,22,24). The Labute approximate surface area is 142 Å². The van der Waals surface area contributed by atoms with E-state index in [2.05, 4.69) is 31.3 Å². The quantitative estimate of drug-likeness (QED) is 0.737. The zero-order chi connectivity index (χ0) is 17.1. The highest BCUT2D eigenvalue weighted by molar-refractivity contribution is 5.94. The maximum atomic E-state index is 12.3. The Bertz CT molecular complexity index is 862. The van der Waals surface area contributed by atoms with E-state index in [1.807, 2.05) is 41.8 Å². The normalized spacial score (nSPS) is 11.0. The lowest BCUT2D eigenvalue weighted by molar-refractivity contribution is -0.116. The third-order valence-electron chi connectivity index (χ3n) is 4.12. The molecule has 2 heterocycles. The number of anilines is 1. The van der Waals surface area contributed by atoms with Gasteiger partial charge in [0.05, 0.1) is 0 Å². The predicted octanol–water partition coefficient (Wildman–Crippen LogP) is 4.75. The second kappa shape index (κ2) is 6.87. The monoisotopic (exact) mass is 321 g/mol. The van der Waals surface area contributed by atoms with Gasteiger partial charge < -0.3 is 5.32 Å². The van der Waals surface area contributed by atoms with Crippen molar-refractivity contribution in [1.82, 2.24) is 9.38 Å². The van der Waals surface area contributed by atoms with E-state index in [-0.39, 0.29) is 5.91 Å². The molecule has 3 aromatic rings. The molecule has 4 heteroatoms. The molecule has 1 aromatic carbocycles. The SMILES string of the molecule is CCCCC(=O)Nc1c(-c2ccc(C)cc2)nc2cc(C)ccn12. The van der Waals surface area contributed by atoms with Gasteiger partial charge >= 0.3 is 0 Å². The molecule has 0 aliphatic carbocycles. The van der Waals surface area contributed by atoms with Crippen LogP contribution in [-0.4, -0.2) is 15.3 Å². The predicted molar refractivity (Wildman–Crippen MR) is 98.3 cm³/mol. The van der Waals surface area contributed by atoms with Gasteiger partial charge in [-0.1, -0.05) is 43.2 Å². The molecule has 0 saturated carbocycles. The van der Waals surface area contributed by atoms with Gasteiger partial charge in [-0.25, -0.2) is 4.98 Å². The first-order valence-electron chi connectivity index (χ1n) is 8.44. The molecule has 0 unspecified atom stereocenters. The van der Waals surface area contributed by atoms with Gasteiger partial charge in [-0.2, -0.15) is 0 Å². The Morgan fingerprint density at radius 3 is 2.58 bits per heavy atom. The van der Waals surface area contributed by atoms with Crippen molar-refractivity contribution in [2.24, 2.45) is 0 Å². The number of nitrogens with one attached hydrogen (secondary N) is 1. The van der Waals surface area contributed by atoms with E-state index >= 15 is 0 Å². The molecule has 2 aromatic heterocycles. The summed E-state index contributed by atoms with van der Waals surface area (Å²) >= 11 is 0. The van der Waals surface area contributed by atoms with Crippen LogP contribution in [0.25, 0.3) is 16.9 Å². The number of aryl methyl sites for hydroxylation is 2. The molecule has 0 saturated heterocycles. The smallest absolute Gasteiger partial charge is 0.225 e. The number of amides is 1. The van der Waals surface area contributed by atoms with Crippen LogP contribution in [0.5, 0.6) is 0 Å². The van der Waals surface area contributed by atoms with Crippen molar-refractivity contribution in [2.75, 3.05) is 5.32 Å². The molecule has 1 N–H and O–H groups in total. The molecule has 0 aliphatic rings. The third kappa shape index (κ3) is 3.32. The summed E-state index contributed by atoms with van der Waals surface area (Å²) in [7, 11) is 0. The molecule has 1 amide bonds. The second-order valence-corrected chi connectivity index (χ2v) is 6.26. The number of hydrogen-bond donors (Lipinski definition) is 1. The number of carbonyl (C=O) groups is 1. The maximum Gasteiger partial charge on any atom is 0.225 e. The summed E-state index contributed by atoms with van der Waals surface area (Å²) in [6.07, 6.45) is 4.39. The van der Waals surface area contributed by atoms with Gasteiger partial charge in [0.2, 0.25) is 5.91 Å². The number of aromatic nitrogens is 2. The van der Waals surface area contributed by atoms with Crippen molar-refractivity contribution >= 4 is 17.4 Å². The van der Waals surface area contributed by atoms with Crippen LogP contribution in [0.1, 0.15) is 37.3 Å². The third-order valence-corrected chi connectivity index (χ3v) is 4.12. The molecule has 0 aliphatic heterocycles. The molecule has 0 atom stereocenters. The highest BCUT2D eigenvalue weighted by Crippen LogP contribution is 2.29. The molecule has 3 rings (SSSR count). The summed E-state index contributed by atoms with van der Waals surface area (Å²) < 4.78 is 1.95. The number of rotatable bonds is 5. The molecule has 0 bridgehead atoms. The van der Waals surface area contributed by atoms with Gasteiger partial charge in [-0.3, -0.25) is 9.20 Å². The van der Waals surface area contributed by atoms with Crippen molar-refractivity contribution in [3.8, 4) is 11.3 Å². The lowest BCUT2D eigenvalue weighted by Gasteiger charge is -2.08. The van der Waals surface area contributed by atoms with E-state index in [0.717, 1.165) is 41.1 Å². The number of benzene rings is 1. The summed E-state index contributed by atoms with van der Waals surface area (Å²) in [5.41, 5.74) is 5.01. The van der Waals surface area contributed by atoms with E-state index in [1.165, 1.54) is 5.56 Å². The van der Waals surface area contributed by atoms with Crippen LogP contribution in [0, 0.1) is 13.8 Å². The first-order valence-corrected chi connectivity index (χ1v) is 8.44. The lowest BCUT2D eigenvalue weighted by atomic mass is 10.1. The number of fused-ring (bicyclic) bond motifs is 1. The topological polar surface area (TPSA) is 46.4 Å². The van der Waals surface area contributed by atoms with Gasteiger partial charge in [0.1, 0.15) is 17.2 Å². The first kappa shape index (κ1) is 16.2. The van der Waals surface area contributed by atoms with Gasteiger partial charge in [0, 0.05) is 18.2 Å². The van der Waals surface area contributed by atoms with Crippen LogP contribution in [-0.2, 0) is 4.79 Å². The van der Waals surface area contributed by atoms with E-state index in [1.54, 1.807) is 0 Å². The van der Waals surface area contributed by atoms with Crippen LogP contribution in [0.15, 0.2) is 42.6 Å². The van der Waals surface area contributed by atoms with Crippen molar-refractivity contribution in [1.29, 1.82) is 0 Å². The molecule has 0 spiro atoms. The van der Waals surface area contributed by atoms with Gasteiger partial charge in [0.25, 0.3) is 0 Å². The molecule has 124 valence electrons. The minimum absolute atomic E-state index is 0.0348. The van der Waals surface area contributed by atoms with Gasteiger partial charge in [-0.05, 0) is 38.0 Å². The average molecular weight is 321 g/mol. The Hall–Kier alpha value is -2.62. The van der Waals surface area contributed by atoms with Gasteiger partial charge in [0.15, 0.2) is 0 Å². The highest BCUT2D eigenvalue weighted by Gasteiger charge is 2.16. The number of pyridine rings is 1. The minimum Gasteiger partial charge on any atom is -0.310 e. The van der Waals surface area contributed by atoms with E-state index in [9.17, 15) is 4.79 Å². The zero-order valence-corrected chi connectivity index (χ0v) is 14.5. The molecule has 0 fully saturated rings. The number of carbonyl (C=O) groups excluding carboxylic acids is 1. The molecule has 0 radical (unpaired) electrons. The van der Waals surface area contributed by atoms with Crippen molar-refractivity contribution < 1.29 is 4.79 Å². The van der Waals surface area contributed by atoms with E-state index < -0.39 is 0 Å². The number of unbranched alkanes of at least 4 members (excludes halogenated alkanes) is 1.